The van der Waals surface area contributed by atoms with Crippen molar-refractivity contribution in [3.63, 3.8) is 0 Å². The minimum absolute atomic E-state index is 0.285. The summed E-state index contributed by atoms with van der Waals surface area (Å²) in [4.78, 5) is 11.9. The molecular formula is C15H14F3N3O4S. The van der Waals surface area contributed by atoms with Crippen molar-refractivity contribution in [3.8, 4) is 0 Å². The average molecular weight is 389 g/mol. The van der Waals surface area contributed by atoms with E-state index in [0.717, 1.165) is 24.5 Å². The molecule has 1 N–H and O–H groups in total. The summed E-state index contributed by atoms with van der Waals surface area (Å²) in [5, 5.41) is 3.58. The van der Waals surface area contributed by atoms with Crippen LogP contribution in [0.15, 0.2) is 52.2 Å². The molecule has 0 fully saturated rings. The largest absolute Gasteiger partial charge is 0.463 e. The molecule has 26 heavy (non-hydrogen) atoms. The fourth-order valence-electron chi connectivity index (χ4n) is 1.94. The van der Waals surface area contributed by atoms with Gasteiger partial charge in [0.05, 0.1) is 30.0 Å². The van der Waals surface area contributed by atoms with Gasteiger partial charge in [-0.15, -0.1) is 0 Å². The predicted molar refractivity (Wildman–Crippen MR) is 88.1 cm³/mol. The maximum atomic E-state index is 12.8. The van der Waals surface area contributed by atoms with Gasteiger partial charge in [-0.3, -0.25) is 9.10 Å². The highest BCUT2D eigenvalue weighted by Crippen LogP contribution is 2.32. The predicted octanol–water partition coefficient (Wildman–Crippen LogP) is 2.21. The number of hydrazone groups is 1. The van der Waals surface area contributed by atoms with Crippen LogP contribution in [0, 0.1) is 0 Å². The molecule has 1 amide bonds. The van der Waals surface area contributed by atoms with Gasteiger partial charge in [0, 0.05) is 0 Å². The van der Waals surface area contributed by atoms with Gasteiger partial charge in [-0.2, -0.15) is 18.3 Å². The monoisotopic (exact) mass is 389 g/mol. The van der Waals surface area contributed by atoms with E-state index in [9.17, 15) is 26.4 Å². The molecule has 11 heteroatoms. The van der Waals surface area contributed by atoms with Crippen LogP contribution in [-0.4, -0.2) is 33.3 Å². The highest BCUT2D eigenvalue weighted by Gasteiger charge is 2.31. The molecule has 0 bridgehead atoms. The highest BCUT2D eigenvalue weighted by molar-refractivity contribution is 7.92. The number of carbonyl (C=O) groups is 1. The van der Waals surface area contributed by atoms with Crippen LogP contribution < -0.4 is 9.73 Å². The van der Waals surface area contributed by atoms with Gasteiger partial charge in [0.25, 0.3) is 5.91 Å². The van der Waals surface area contributed by atoms with E-state index in [4.69, 9.17) is 4.42 Å². The third-order valence-corrected chi connectivity index (χ3v) is 4.21. The van der Waals surface area contributed by atoms with Crippen molar-refractivity contribution >= 4 is 27.8 Å². The highest BCUT2D eigenvalue weighted by atomic mass is 32.2. The Morgan fingerprint density at radius 3 is 2.62 bits per heavy atom. The van der Waals surface area contributed by atoms with Crippen molar-refractivity contribution in [2.45, 2.75) is 6.18 Å². The van der Waals surface area contributed by atoms with Crippen molar-refractivity contribution in [2.24, 2.45) is 5.10 Å². The molecule has 0 aliphatic rings. The molecule has 0 aliphatic carbocycles. The summed E-state index contributed by atoms with van der Waals surface area (Å²) in [6.45, 7) is -0.740. The number of furan rings is 1. The maximum Gasteiger partial charge on any atom is 0.416 e. The zero-order valence-electron chi connectivity index (χ0n) is 13.4. The minimum atomic E-state index is -4.64. The number of nitrogens with zero attached hydrogens (tertiary/aromatic N) is 2. The third kappa shape index (κ3) is 5.34. The van der Waals surface area contributed by atoms with E-state index in [1.54, 1.807) is 12.1 Å². The van der Waals surface area contributed by atoms with Gasteiger partial charge in [-0.25, -0.2) is 13.8 Å². The van der Waals surface area contributed by atoms with E-state index < -0.39 is 34.2 Å². The molecule has 0 saturated heterocycles. The number of hydrogen-bond donors (Lipinski definition) is 1. The molecule has 7 nitrogen and oxygen atoms in total. The second-order valence-corrected chi connectivity index (χ2v) is 7.03. The van der Waals surface area contributed by atoms with E-state index >= 15 is 0 Å². The van der Waals surface area contributed by atoms with Crippen LogP contribution in [0.3, 0.4) is 0 Å². The average Bonchev–Trinajstić information content (AvgIpc) is 3.04. The van der Waals surface area contributed by atoms with Gasteiger partial charge in [0.1, 0.15) is 12.3 Å². The first-order valence-corrected chi connectivity index (χ1v) is 8.92. The van der Waals surface area contributed by atoms with Crippen LogP contribution in [0.5, 0.6) is 0 Å². The van der Waals surface area contributed by atoms with Crippen molar-refractivity contribution < 1.29 is 30.8 Å². The normalized spacial score (nSPS) is 12.3. The first-order chi connectivity index (χ1) is 12.1. The number of carbonyl (C=O) groups excluding carboxylic acids is 1. The van der Waals surface area contributed by atoms with E-state index in [-0.39, 0.29) is 5.69 Å². The number of halogens is 3. The van der Waals surface area contributed by atoms with Gasteiger partial charge in [-0.1, -0.05) is 6.07 Å². The molecule has 0 spiro atoms. The van der Waals surface area contributed by atoms with Crippen molar-refractivity contribution in [1.29, 1.82) is 0 Å². The Bertz CT molecular complexity index is 893. The fraction of sp³-hybridized carbons (Fsp3) is 0.200. The number of nitrogens with one attached hydrogen (secondary N) is 1. The summed E-state index contributed by atoms with van der Waals surface area (Å²) in [7, 11) is -4.01. The number of benzene rings is 1. The first kappa shape index (κ1) is 19.5. The summed E-state index contributed by atoms with van der Waals surface area (Å²) in [6.07, 6.45) is -1.28. The summed E-state index contributed by atoms with van der Waals surface area (Å²) in [5.74, 6) is -0.487. The summed E-state index contributed by atoms with van der Waals surface area (Å²) < 4.78 is 67.8. The van der Waals surface area contributed by atoms with Crippen molar-refractivity contribution in [2.75, 3.05) is 17.1 Å². The number of rotatable bonds is 6. The van der Waals surface area contributed by atoms with Crippen LogP contribution in [0.25, 0.3) is 0 Å². The summed E-state index contributed by atoms with van der Waals surface area (Å²) in [6, 6.07) is 6.85. The molecule has 0 saturated carbocycles. The summed E-state index contributed by atoms with van der Waals surface area (Å²) in [5.41, 5.74) is 0.768. The molecule has 1 aromatic carbocycles. The van der Waals surface area contributed by atoms with E-state index in [2.05, 4.69) is 10.5 Å². The Hall–Kier alpha value is -2.82. The van der Waals surface area contributed by atoms with Crippen LogP contribution in [0.4, 0.5) is 18.9 Å². The Morgan fingerprint density at radius 2 is 2.04 bits per heavy atom. The van der Waals surface area contributed by atoms with Gasteiger partial charge < -0.3 is 4.42 Å². The number of sulfonamides is 1. The Kier molecular flexibility index (Phi) is 5.70. The lowest BCUT2D eigenvalue weighted by Crippen LogP contribution is -2.39. The van der Waals surface area contributed by atoms with Crippen LogP contribution in [-0.2, 0) is 21.0 Å². The second kappa shape index (κ2) is 7.60. The smallest absolute Gasteiger partial charge is 0.416 e. The summed E-state index contributed by atoms with van der Waals surface area (Å²) >= 11 is 0. The van der Waals surface area contributed by atoms with E-state index in [1.165, 1.54) is 12.5 Å². The topological polar surface area (TPSA) is 92.0 Å². The molecule has 0 radical (unpaired) electrons. The molecule has 0 unspecified atom stereocenters. The molecular weight excluding hydrogens is 375 g/mol. The van der Waals surface area contributed by atoms with Crippen LogP contribution >= 0.6 is 0 Å². The number of amides is 1. The first-order valence-electron chi connectivity index (χ1n) is 7.08. The molecule has 2 aromatic rings. The van der Waals surface area contributed by atoms with E-state index in [1.807, 2.05) is 0 Å². The minimum Gasteiger partial charge on any atom is -0.463 e. The number of hydrogen-bond acceptors (Lipinski definition) is 5. The molecule has 1 aromatic heterocycles. The van der Waals surface area contributed by atoms with Crippen molar-refractivity contribution in [3.05, 3.63) is 54.0 Å². The zero-order chi connectivity index (χ0) is 19.4. The lowest BCUT2D eigenvalue weighted by molar-refractivity contribution is -0.137. The lowest BCUT2D eigenvalue weighted by Gasteiger charge is -2.22. The third-order valence-electron chi connectivity index (χ3n) is 3.07. The number of anilines is 1. The second-order valence-electron chi connectivity index (χ2n) is 5.13. The fourth-order valence-corrected chi connectivity index (χ4v) is 2.78. The van der Waals surface area contributed by atoms with Gasteiger partial charge in [-0.05, 0) is 30.3 Å². The molecule has 1 heterocycles. The Labute approximate surface area is 147 Å². The maximum absolute atomic E-state index is 12.8. The lowest BCUT2D eigenvalue weighted by atomic mass is 10.2. The molecule has 2 rings (SSSR count). The molecule has 0 aliphatic heterocycles. The zero-order valence-corrected chi connectivity index (χ0v) is 14.2. The molecule has 0 atom stereocenters. The van der Waals surface area contributed by atoms with Crippen LogP contribution in [0.2, 0.25) is 0 Å². The SMILES string of the molecule is CS(=O)(=O)N(CC(=O)N/N=C\c1ccco1)c1cccc(C(F)(F)F)c1. The van der Waals surface area contributed by atoms with Crippen molar-refractivity contribution in [1.82, 2.24) is 5.43 Å². The Balaban J connectivity index is 2.17. The van der Waals surface area contributed by atoms with Crippen LogP contribution in [0.1, 0.15) is 11.3 Å². The van der Waals surface area contributed by atoms with Gasteiger partial charge >= 0.3 is 6.18 Å². The standard InChI is InChI=1S/C15H14F3N3O4S/c1-26(23,24)21(12-5-2-4-11(8-12)15(16,17)18)10-14(22)20-19-9-13-6-3-7-25-13/h2-9H,10H2,1H3,(H,20,22)/b19-9-. The van der Waals surface area contributed by atoms with Gasteiger partial charge in [0.2, 0.25) is 10.0 Å². The van der Waals surface area contributed by atoms with E-state index in [0.29, 0.717) is 16.1 Å². The Morgan fingerprint density at radius 1 is 1.31 bits per heavy atom. The number of alkyl halides is 3. The molecule has 140 valence electrons. The quantitative estimate of drug-likeness (QED) is 0.606. The van der Waals surface area contributed by atoms with Gasteiger partial charge in [0.15, 0.2) is 0 Å².